The van der Waals surface area contributed by atoms with E-state index in [9.17, 15) is 9.59 Å². The molecule has 2 aromatic rings. The number of aryl methyl sites for hydroxylation is 2. The molecule has 0 aromatic carbocycles. The lowest BCUT2D eigenvalue weighted by Gasteiger charge is -2.00. The minimum atomic E-state index is -1.15. The van der Waals surface area contributed by atoms with E-state index in [-0.39, 0.29) is 6.47 Å². The predicted molar refractivity (Wildman–Crippen MR) is 80.9 cm³/mol. The van der Waals surface area contributed by atoms with Gasteiger partial charge in [0, 0.05) is 12.4 Å². The van der Waals surface area contributed by atoms with Crippen molar-refractivity contribution in [1.29, 1.82) is 0 Å². The molecule has 6 nitrogen and oxygen atoms in total. The third kappa shape index (κ3) is 6.42. The van der Waals surface area contributed by atoms with E-state index >= 15 is 0 Å². The topological polar surface area (TPSA) is 89.4 Å². The number of aliphatic carboxylic acids is 1. The molecular weight excluding hydrogens is 284 g/mol. The number of carboxylic acid groups (broad SMARTS) is 1. The third-order valence-corrected chi connectivity index (χ3v) is 2.43. The molecule has 0 saturated carbocycles. The van der Waals surface area contributed by atoms with Crippen LogP contribution in [0.3, 0.4) is 0 Å². The summed E-state index contributed by atoms with van der Waals surface area (Å²) in [5.41, 5.74) is 4.19. The van der Waals surface area contributed by atoms with E-state index in [1.807, 2.05) is 50.5 Å². The summed E-state index contributed by atoms with van der Waals surface area (Å²) in [6.07, 6.45) is 5.22. The average Bonchev–Trinajstić information content (AvgIpc) is 2.50. The van der Waals surface area contributed by atoms with Crippen LogP contribution in [0.1, 0.15) is 11.1 Å². The molecule has 0 atom stereocenters. The highest BCUT2D eigenvalue weighted by Crippen LogP contribution is 2.13. The summed E-state index contributed by atoms with van der Waals surface area (Å²) in [4.78, 5) is 27.5. The number of carbonyl (C=O) groups excluding carboxylic acids is 1. The number of nitrogens with zero attached hydrogens (tertiary/aromatic N) is 2. The summed E-state index contributed by atoms with van der Waals surface area (Å²) in [5, 5.41) is 7.86. The van der Waals surface area contributed by atoms with E-state index in [1.54, 1.807) is 0 Å². The largest absolute Gasteiger partial charge is 0.478 e. The second-order valence-corrected chi connectivity index (χ2v) is 4.31. The van der Waals surface area contributed by atoms with Crippen molar-refractivity contribution in [1.82, 2.24) is 9.97 Å². The van der Waals surface area contributed by atoms with Gasteiger partial charge in [-0.3, -0.25) is 14.8 Å². The Balaban J connectivity index is 0.000000261. The highest BCUT2D eigenvalue weighted by atomic mass is 16.5. The maximum absolute atomic E-state index is 9.59. The summed E-state index contributed by atoms with van der Waals surface area (Å²) in [6, 6.07) is 8.08. The molecule has 2 aromatic heterocycles. The zero-order valence-electron chi connectivity index (χ0n) is 12.3. The van der Waals surface area contributed by atoms with Gasteiger partial charge in [-0.2, -0.15) is 0 Å². The number of pyridine rings is 2. The molecule has 0 aliphatic heterocycles. The van der Waals surface area contributed by atoms with Crippen LogP contribution in [0, 0.1) is 13.8 Å². The quantitative estimate of drug-likeness (QED) is 0.530. The molecule has 0 radical (unpaired) electrons. The van der Waals surface area contributed by atoms with Crippen LogP contribution in [0.5, 0.6) is 0 Å². The lowest BCUT2D eigenvalue weighted by Crippen LogP contribution is -1.87. The fourth-order valence-corrected chi connectivity index (χ4v) is 1.37. The van der Waals surface area contributed by atoms with E-state index in [0.29, 0.717) is 6.08 Å². The lowest BCUT2D eigenvalue weighted by molar-refractivity contribution is -0.131. The number of carboxylic acids is 1. The van der Waals surface area contributed by atoms with Crippen LogP contribution in [0.4, 0.5) is 0 Å². The van der Waals surface area contributed by atoms with Gasteiger partial charge < -0.3 is 9.84 Å². The molecule has 0 fully saturated rings. The van der Waals surface area contributed by atoms with Crippen LogP contribution in [0.2, 0.25) is 0 Å². The third-order valence-electron chi connectivity index (χ3n) is 2.43. The maximum Gasteiger partial charge on any atom is 0.331 e. The van der Waals surface area contributed by atoms with E-state index in [4.69, 9.17) is 5.11 Å². The highest BCUT2D eigenvalue weighted by molar-refractivity contribution is 5.79. The predicted octanol–water partition coefficient (Wildman–Crippen LogP) is 2.52. The Morgan fingerprint density at radius 2 is 1.55 bits per heavy atom. The Morgan fingerprint density at radius 3 is 1.86 bits per heavy atom. The van der Waals surface area contributed by atoms with Crippen molar-refractivity contribution in [2.75, 3.05) is 0 Å². The lowest BCUT2D eigenvalue weighted by atomic mass is 10.2. The van der Waals surface area contributed by atoms with Crippen LogP contribution in [0.25, 0.3) is 11.4 Å². The molecule has 2 rings (SSSR count). The molecule has 6 heteroatoms. The molecule has 0 saturated heterocycles. The second-order valence-electron chi connectivity index (χ2n) is 4.31. The Morgan fingerprint density at radius 1 is 1.05 bits per heavy atom. The normalized spacial score (nSPS) is 9.73. The summed E-state index contributed by atoms with van der Waals surface area (Å²) >= 11 is 0. The van der Waals surface area contributed by atoms with Crippen molar-refractivity contribution in [3.63, 3.8) is 0 Å². The minimum absolute atomic E-state index is 0.138. The van der Waals surface area contributed by atoms with E-state index in [2.05, 4.69) is 14.7 Å². The van der Waals surface area contributed by atoms with Gasteiger partial charge in [0.15, 0.2) is 0 Å². The fraction of sp³-hybridized carbons (Fsp3) is 0.125. The summed E-state index contributed by atoms with van der Waals surface area (Å²) in [6.45, 7) is 4.19. The van der Waals surface area contributed by atoms with Crippen LogP contribution in [0.15, 0.2) is 49.0 Å². The molecular formula is C16H16N2O4. The van der Waals surface area contributed by atoms with Crippen molar-refractivity contribution in [2.24, 2.45) is 0 Å². The number of ether oxygens (including phenoxy) is 1. The molecule has 0 aliphatic rings. The van der Waals surface area contributed by atoms with E-state index in [1.165, 1.54) is 11.1 Å². The molecule has 0 spiro atoms. The number of hydrogen-bond acceptors (Lipinski definition) is 5. The first kappa shape index (κ1) is 17.0. The number of rotatable bonds is 4. The molecule has 2 heterocycles. The van der Waals surface area contributed by atoms with Crippen molar-refractivity contribution < 1.29 is 19.4 Å². The first-order valence-corrected chi connectivity index (χ1v) is 6.37. The minimum Gasteiger partial charge on any atom is -0.478 e. The Bertz CT molecular complexity index is 591. The monoisotopic (exact) mass is 300 g/mol. The first-order valence-electron chi connectivity index (χ1n) is 6.37. The SMILES string of the molecule is Cc1ccc(-c2ccc(C)cn2)nc1.O=CO/C=C\C(=O)O. The molecule has 0 amide bonds. The average molecular weight is 300 g/mol. The van der Waals surface area contributed by atoms with Crippen molar-refractivity contribution in [3.05, 3.63) is 60.1 Å². The molecule has 0 aliphatic carbocycles. The molecule has 114 valence electrons. The smallest absolute Gasteiger partial charge is 0.331 e. The van der Waals surface area contributed by atoms with Crippen LogP contribution in [-0.4, -0.2) is 27.5 Å². The number of aromatic nitrogens is 2. The standard InChI is InChI=1S/C12H12N2.C4H4O4/c1-9-3-5-11(13-7-9)12-6-4-10(2)8-14-12;5-3-8-2-1-4(6)7/h3-8H,1-2H3;1-3H,(H,6,7)/b;2-1-. The summed E-state index contributed by atoms with van der Waals surface area (Å²) in [7, 11) is 0. The highest BCUT2D eigenvalue weighted by Gasteiger charge is 1.98. The summed E-state index contributed by atoms with van der Waals surface area (Å²) < 4.78 is 3.90. The zero-order valence-corrected chi connectivity index (χ0v) is 12.3. The van der Waals surface area contributed by atoms with Gasteiger partial charge in [-0.1, -0.05) is 12.1 Å². The van der Waals surface area contributed by atoms with Gasteiger partial charge in [0.1, 0.15) is 6.26 Å². The van der Waals surface area contributed by atoms with Crippen molar-refractivity contribution >= 4 is 12.4 Å². The first-order chi connectivity index (χ1) is 10.5. The van der Waals surface area contributed by atoms with E-state index in [0.717, 1.165) is 17.6 Å². The van der Waals surface area contributed by atoms with Gasteiger partial charge in [-0.25, -0.2) is 4.79 Å². The van der Waals surface area contributed by atoms with Gasteiger partial charge in [0.05, 0.1) is 17.5 Å². The Labute approximate surface area is 128 Å². The number of carbonyl (C=O) groups is 2. The van der Waals surface area contributed by atoms with Gasteiger partial charge >= 0.3 is 5.97 Å². The fourth-order valence-electron chi connectivity index (χ4n) is 1.37. The molecule has 22 heavy (non-hydrogen) atoms. The Kier molecular flexibility index (Phi) is 6.98. The molecule has 1 N–H and O–H groups in total. The van der Waals surface area contributed by atoms with Crippen LogP contribution >= 0.6 is 0 Å². The Hall–Kier alpha value is -3.02. The van der Waals surface area contributed by atoms with Crippen molar-refractivity contribution in [3.8, 4) is 11.4 Å². The summed E-state index contributed by atoms with van der Waals surface area (Å²) in [5.74, 6) is -1.15. The van der Waals surface area contributed by atoms with Crippen LogP contribution in [-0.2, 0) is 14.3 Å². The van der Waals surface area contributed by atoms with Gasteiger partial charge in [0.2, 0.25) is 0 Å². The van der Waals surface area contributed by atoms with Gasteiger partial charge in [-0.05, 0) is 37.1 Å². The second kappa shape index (κ2) is 9.02. The van der Waals surface area contributed by atoms with Gasteiger partial charge in [0.25, 0.3) is 6.47 Å². The van der Waals surface area contributed by atoms with Crippen LogP contribution < -0.4 is 0 Å². The molecule has 0 bridgehead atoms. The van der Waals surface area contributed by atoms with Crippen molar-refractivity contribution in [2.45, 2.75) is 13.8 Å². The zero-order chi connectivity index (χ0) is 16.4. The van der Waals surface area contributed by atoms with Gasteiger partial charge in [-0.15, -0.1) is 0 Å². The maximum atomic E-state index is 9.59. The number of hydrogen-bond donors (Lipinski definition) is 1. The molecule has 0 unspecified atom stereocenters. The van der Waals surface area contributed by atoms with E-state index < -0.39 is 5.97 Å².